The summed E-state index contributed by atoms with van der Waals surface area (Å²) < 4.78 is 1.71. The van der Waals surface area contributed by atoms with Crippen molar-refractivity contribution in [2.75, 3.05) is 5.75 Å². The van der Waals surface area contributed by atoms with Crippen LogP contribution in [0.2, 0.25) is 5.02 Å². The fourth-order valence-corrected chi connectivity index (χ4v) is 3.23. The van der Waals surface area contributed by atoms with Crippen LogP contribution in [0.5, 0.6) is 0 Å². The lowest BCUT2D eigenvalue weighted by Crippen LogP contribution is -2.01. The molecular formula is C15H15ClN4OS. The number of halogens is 1. The molecule has 0 radical (unpaired) electrons. The first-order valence-electron chi connectivity index (χ1n) is 6.81. The monoisotopic (exact) mass is 334 g/mol. The predicted molar refractivity (Wildman–Crippen MR) is 87.4 cm³/mol. The number of aliphatic hydroxyl groups excluding tert-OH is 1. The third-order valence-corrected chi connectivity index (χ3v) is 4.49. The molecule has 1 atom stereocenters. The van der Waals surface area contributed by atoms with Crippen LogP contribution in [0.4, 0.5) is 0 Å². The van der Waals surface area contributed by atoms with Crippen LogP contribution in [-0.2, 0) is 0 Å². The summed E-state index contributed by atoms with van der Waals surface area (Å²) in [5.41, 5.74) is 2.60. The Morgan fingerprint density at radius 3 is 2.82 bits per heavy atom. The smallest absolute Gasteiger partial charge is 0.253 e. The molecule has 2 heterocycles. The van der Waals surface area contributed by atoms with E-state index in [1.165, 1.54) is 11.8 Å². The number of fused-ring (bicyclic) bond motifs is 1. The van der Waals surface area contributed by atoms with Gasteiger partial charge in [0, 0.05) is 22.2 Å². The van der Waals surface area contributed by atoms with Crippen LogP contribution in [0.1, 0.15) is 23.1 Å². The number of benzene rings is 1. The lowest BCUT2D eigenvalue weighted by molar-refractivity contribution is 0.204. The molecule has 0 saturated heterocycles. The first kappa shape index (κ1) is 15.3. The summed E-state index contributed by atoms with van der Waals surface area (Å²) in [5, 5.41) is 15.8. The zero-order chi connectivity index (χ0) is 15.7. The van der Waals surface area contributed by atoms with E-state index in [-0.39, 0.29) is 0 Å². The zero-order valence-electron chi connectivity index (χ0n) is 12.2. The van der Waals surface area contributed by atoms with Gasteiger partial charge in [-0.2, -0.15) is 4.98 Å². The molecule has 5 nitrogen and oxygen atoms in total. The van der Waals surface area contributed by atoms with Gasteiger partial charge in [0.25, 0.3) is 5.78 Å². The Labute approximate surface area is 137 Å². The van der Waals surface area contributed by atoms with E-state index in [0.717, 1.165) is 11.4 Å². The fourth-order valence-electron chi connectivity index (χ4n) is 2.20. The fraction of sp³-hybridized carbons (Fsp3) is 0.267. The summed E-state index contributed by atoms with van der Waals surface area (Å²) in [7, 11) is 0. The van der Waals surface area contributed by atoms with E-state index < -0.39 is 6.10 Å². The van der Waals surface area contributed by atoms with Gasteiger partial charge in [-0.05, 0) is 31.5 Å². The predicted octanol–water partition coefficient (Wildman–Crippen LogP) is 3.22. The lowest BCUT2D eigenvalue weighted by atomic mass is 10.1. The third kappa shape index (κ3) is 3.09. The molecule has 1 N–H and O–H groups in total. The minimum absolute atomic E-state index is 0.429. The second kappa shape index (κ2) is 6.24. The largest absolute Gasteiger partial charge is 0.387 e. The molecule has 1 aromatic carbocycles. The van der Waals surface area contributed by atoms with E-state index in [1.807, 2.05) is 38.1 Å². The maximum Gasteiger partial charge on any atom is 0.253 e. The summed E-state index contributed by atoms with van der Waals surface area (Å²) in [6, 6.07) is 9.24. The van der Waals surface area contributed by atoms with Gasteiger partial charge in [-0.1, -0.05) is 41.6 Å². The molecular weight excluding hydrogens is 320 g/mol. The molecule has 3 aromatic rings. The molecule has 0 aliphatic carbocycles. The second-order valence-corrected chi connectivity index (χ2v) is 6.39. The first-order valence-corrected chi connectivity index (χ1v) is 8.17. The second-order valence-electron chi connectivity index (χ2n) is 4.99. The molecule has 2 aromatic heterocycles. The van der Waals surface area contributed by atoms with Gasteiger partial charge in [0.1, 0.15) is 0 Å². The molecule has 3 rings (SSSR count). The molecule has 0 amide bonds. The van der Waals surface area contributed by atoms with Gasteiger partial charge in [-0.25, -0.2) is 9.50 Å². The van der Waals surface area contributed by atoms with E-state index in [4.69, 9.17) is 11.6 Å². The van der Waals surface area contributed by atoms with E-state index in [2.05, 4.69) is 15.1 Å². The van der Waals surface area contributed by atoms with Crippen molar-refractivity contribution in [2.45, 2.75) is 25.1 Å². The molecule has 0 aliphatic heterocycles. The van der Waals surface area contributed by atoms with E-state index in [1.54, 1.807) is 10.6 Å². The molecule has 0 aliphatic rings. The number of aliphatic hydroxyl groups is 1. The average molecular weight is 335 g/mol. The molecule has 0 saturated carbocycles. The SMILES string of the molecule is Cc1cc(C)n2nc(SCC(O)c3ccccc3Cl)nc2n1. The van der Waals surface area contributed by atoms with Crippen molar-refractivity contribution >= 4 is 29.1 Å². The van der Waals surface area contributed by atoms with Gasteiger partial charge in [0.2, 0.25) is 5.16 Å². The number of thioether (sulfide) groups is 1. The Kier molecular flexibility index (Phi) is 4.33. The van der Waals surface area contributed by atoms with Crippen molar-refractivity contribution in [1.29, 1.82) is 0 Å². The molecule has 114 valence electrons. The minimum Gasteiger partial charge on any atom is -0.387 e. The van der Waals surface area contributed by atoms with E-state index in [9.17, 15) is 5.11 Å². The summed E-state index contributed by atoms with van der Waals surface area (Å²) in [6.07, 6.45) is -0.666. The van der Waals surface area contributed by atoms with E-state index in [0.29, 0.717) is 27.3 Å². The highest BCUT2D eigenvalue weighted by atomic mass is 35.5. The summed E-state index contributed by atoms with van der Waals surface area (Å²) in [5.74, 6) is 1.01. The normalized spacial score (nSPS) is 12.7. The Morgan fingerprint density at radius 2 is 2.05 bits per heavy atom. The topological polar surface area (TPSA) is 63.3 Å². The lowest BCUT2D eigenvalue weighted by Gasteiger charge is -2.10. The van der Waals surface area contributed by atoms with Crippen molar-refractivity contribution in [3.63, 3.8) is 0 Å². The zero-order valence-corrected chi connectivity index (χ0v) is 13.8. The van der Waals surface area contributed by atoms with Gasteiger partial charge in [-0.3, -0.25) is 0 Å². The Hall–Kier alpha value is -1.63. The molecule has 7 heteroatoms. The highest BCUT2D eigenvalue weighted by molar-refractivity contribution is 7.99. The molecule has 0 spiro atoms. The van der Waals surface area contributed by atoms with Crippen molar-refractivity contribution in [2.24, 2.45) is 0 Å². The quantitative estimate of drug-likeness (QED) is 0.742. The van der Waals surface area contributed by atoms with Crippen LogP contribution < -0.4 is 0 Å². The number of aryl methyl sites for hydroxylation is 2. The van der Waals surface area contributed by atoms with Crippen LogP contribution in [0.15, 0.2) is 35.5 Å². The third-order valence-electron chi connectivity index (χ3n) is 3.23. The van der Waals surface area contributed by atoms with Gasteiger partial charge >= 0.3 is 0 Å². The number of aromatic nitrogens is 4. The summed E-state index contributed by atoms with van der Waals surface area (Å²) in [6.45, 7) is 3.89. The first-order chi connectivity index (χ1) is 10.5. The maximum absolute atomic E-state index is 10.3. The van der Waals surface area contributed by atoms with Crippen LogP contribution in [0.25, 0.3) is 5.78 Å². The van der Waals surface area contributed by atoms with Gasteiger partial charge < -0.3 is 5.11 Å². The van der Waals surface area contributed by atoms with Crippen molar-refractivity contribution in [3.8, 4) is 0 Å². The van der Waals surface area contributed by atoms with Crippen molar-refractivity contribution in [3.05, 3.63) is 52.3 Å². The Balaban J connectivity index is 1.77. The average Bonchev–Trinajstić information content (AvgIpc) is 2.88. The number of nitrogens with zero attached hydrogens (tertiary/aromatic N) is 4. The Bertz CT molecular complexity index is 820. The van der Waals surface area contributed by atoms with E-state index >= 15 is 0 Å². The molecule has 22 heavy (non-hydrogen) atoms. The summed E-state index contributed by atoms with van der Waals surface area (Å²) in [4.78, 5) is 8.73. The van der Waals surface area contributed by atoms with Gasteiger partial charge in [0.05, 0.1) is 6.10 Å². The number of hydrogen-bond donors (Lipinski definition) is 1. The van der Waals surface area contributed by atoms with Gasteiger partial charge in [0.15, 0.2) is 0 Å². The minimum atomic E-state index is -0.666. The van der Waals surface area contributed by atoms with Crippen LogP contribution in [0.3, 0.4) is 0 Å². The van der Waals surface area contributed by atoms with Gasteiger partial charge in [-0.15, -0.1) is 5.10 Å². The van der Waals surface area contributed by atoms with Crippen LogP contribution >= 0.6 is 23.4 Å². The highest BCUT2D eigenvalue weighted by Gasteiger charge is 2.14. The number of hydrogen-bond acceptors (Lipinski definition) is 5. The number of rotatable bonds is 4. The highest BCUT2D eigenvalue weighted by Crippen LogP contribution is 2.27. The van der Waals surface area contributed by atoms with Crippen LogP contribution in [0, 0.1) is 13.8 Å². The van der Waals surface area contributed by atoms with Crippen molar-refractivity contribution in [1.82, 2.24) is 19.6 Å². The molecule has 0 fully saturated rings. The van der Waals surface area contributed by atoms with Crippen molar-refractivity contribution < 1.29 is 5.11 Å². The molecule has 1 unspecified atom stereocenters. The maximum atomic E-state index is 10.3. The summed E-state index contributed by atoms with van der Waals surface area (Å²) >= 11 is 7.47. The van der Waals surface area contributed by atoms with Crippen LogP contribution in [-0.4, -0.2) is 30.4 Å². The standard InChI is InChI=1S/C15H15ClN4OS/c1-9-7-10(2)20-14(17-9)18-15(19-20)22-8-13(21)11-5-3-4-6-12(11)16/h3-7,13,21H,8H2,1-2H3. The Morgan fingerprint density at radius 1 is 1.27 bits per heavy atom. The molecule has 0 bridgehead atoms.